The molecule has 32 heavy (non-hydrogen) atoms. The minimum absolute atomic E-state index is 0. The van der Waals surface area contributed by atoms with Crippen LogP contribution in [0.5, 0.6) is 11.5 Å². The summed E-state index contributed by atoms with van der Waals surface area (Å²) in [6, 6.07) is 11.3. The van der Waals surface area contributed by atoms with Gasteiger partial charge in [-0.2, -0.15) is 0 Å². The van der Waals surface area contributed by atoms with Crippen molar-refractivity contribution in [2.45, 2.75) is 50.5 Å². The number of nitrogens with zero attached hydrogens (tertiary/aromatic N) is 1. The Hall–Kier alpha value is -1.80. The van der Waals surface area contributed by atoms with Gasteiger partial charge in [0.1, 0.15) is 0 Å². The smallest absolute Gasteiger partial charge is 0.240 e. The van der Waals surface area contributed by atoms with Gasteiger partial charge in [-0.3, -0.25) is 4.90 Å². The fourth-order valence-corrected chi connectivity index (χ4v) is 4.93. The van der Waals surface area contributed by atoms with Gasteiger partial charge in [0.2, 0.25) is 10.0 Å². The zero-order chi connectivity index (χ0) is 22.6. The highest BCUT2D eigenvalue weighted by Gasteiger charge is 2.20. The van der Waals surface area contributed by atoms with Crippen LogP contribution in [0, 0.1) is 0 Å². The van der Waals surface area contributed by atoms with Crippen LogP contribution >= 0.6 is 12.4 Å². The third-order valence-electron chi connectivity index (χ3n) is 5.77. The van der Waals surface area contributed by atoms with Crippen LogP contribution < -0.4 is 14.2 Å². The fourth-order valence-electron chi connectivity index (χ4n) is 3.86. The molecule has 0 bridgehead atoms. The Morgan fingerprint density at radius 2 is 1.59 bits per heavy atom. The number of sulfonamides is 1. The van der Waals surface area contributed by atoms with Gasteiger partial charge in [-0.15, -0.1) is 12.4 Å². The molecule has 0 atom stereocenters. The lowest BCUT2D eigenvalue weighted by molar-refractivity contribution is 0.250. The molecule has 0 radical (unpaired) electrons. The number of methoxy groups -OCH3 is 2. The van der Waals surface area contributed by atoms with Gasteiger partial charge in [-0.1, -0.05) is 32.9 Å². The number of hydrogen-bond acceptors (Lipinski definition) is 5. The van der Waals surface area contributed by atoms with Crippen molar-refractivity contribution in [1.82, 2.24) is 9.62 Å². The summed E-state index contributed by atoms with van der Waals surface area (Å²) in [7, 11) is -0.191. The van der Waals surface area contributed by atoms with E-state index < -0.39 is 10.0 Å². The summed E-state index contributed by atoms with van der Waals surface area (Å²) in [5, 5.41) is 0. The van der Waals surface area contributed by atoms with Gasteiger partial charge >= 0.3 is 0 Å². The van der Waals surface area contributed by atoms with Crippen molar-refractivity contribution >= 4 is 22.4 Å². The summed E-state index contributed by atoms with van der Waals surface area (Å²) >= 11 is 0. The Morgan fingerprint density at radius 1 is 1.00 bits per heavy atom. The Kier molecular flexibility index (Phi) is 8.99. The van der Waals surface area contributed by atoms with Crippen LogP contribution in [0.25, 0.3) is 0 Å². The van der Waals surface area contributed by atoms with Crippen LogP contribution in [0.3, 0.4) is 0 Å². The van der Waals surface area contributed by atoms with E-state index in [0.29, 0.717) is 11.4 Å². The van der Waals surface area contributed by atoms with E-state index in [1.807, 2.05) is 18.2 Å². The second-order valence-electron chi connectivity index (χ2n) is 9.03. The molecule has 0 spiro atoms. The zero-order valence-electron chi connectivity index (χ0n) is 19.6. The van der Waals surface area contributed by atoms with Crippen molar-refractivity contribution in [3.8, 4) is 11.5 Å². The van der Waals surface area contributed by atoms with Crippen molar-refractivity contribution in [2.75, 3.05) is 33.9 Å². The molecule has 1 aliphatic heterocycles. The van der Waals surface area contributed by atoms with Gasteiger partial charge in [0.05, 0.1) is 19.1 Å². The number of nitrogens with one attached hydrogen (secondary N) is 1. The second-order valence-corrected chi connectivity index (χ2v) is 10.8. The van der Waals surface area contributed by atoms with Gasteiger partial charge in [0.15, 0.2) is 11.5 Å². The zero-order valence-corrected chi connectivity index (χ0v) is 21.2. The number of ether oxygens (including phenoxy) is 2. The lowest BCUT2D eigenvalue weighted by atomic mass is 9.87. The van der Waals surface area contributed by atoms with Gasteiger partial charge < -0.3 is 9.47 Å². The fraction of sp³-hybridized carbons (Fsp3) is 0.500. The molecule has 0 amide bonds. The van der Waals surface area contributed by atoms with Crippen LogP contribution in [0.4, 0.5) is 0 Å². The summed E-state index contributed by atoms with van der Waals surface area (Å²) in [6.07, 6.45) is 1.70. The number of halogens is 1. The first-order valence-corrected chi connectivity index (χ1v) is 12.2. The molecule has 1 aliphatic rings. The van der Waals surface area contributed by atoms with Crippen LogP contribution in [0.2, 0.25) is 0 Å². The SMILES string of the molecule is COc1cc2c(cc1OC)CN(CCCNS(=O)(=O)c1ccc(C(C)(C)C)cc1)CC2.Cl. The lowest BCUT2D eigenvalue weighted by Crippen LogP contribution is -2.33. The largest absolute Gasteiger partial charge is 0.493 e. The Labute approximate surface area is 198 Å². The molecular weight excluding hydrogens is 448 g/mol. The molecule has 0 aliphatic carbocycles. The summed E-state index contributed by atoms with van der Waals surface area (Å²) in [5.74, 6) is 1.51. The van der Waals surface area contributed by atoms with E-state index in [9.17, 15) is 8.42 Å². The monoisotopic (exact) mass is 482 g/mol. The maximum absolute atomic E-state index is 12.6. The summed E-state index contributed by atoms with van der Waals surface area (Å²) in [6.45, 7) is 9.36. The van der Waals surface area contributed by atoms with Crippen molar-refractivity contribution in [2.24, 2.45) is 0 Å². The minimum atomic E-state index is -3.49. The molecule has 2 aromatic rings. The number of fused-ring (bicyclic) bond motifs is 1. The van der Waals surface area contributed by atoms with Crippen molar-refractivity contribution in [1.29, 1.82) is 0 Å². The third kappa shape index (κ3) is 6.38. The van der Waals surface area contributed by atoms with Gasteiger partial charge in [0.25, 0.3) is 0 Å². The Balaban J connectivity index is 0.00000363. The molecule has 1 N–H and O–H groups in total. The van der Waals surface area contributed by atoms with Crippen molar-refractivity contribution < 1.29 is 17.9 Å². The first-order valence-electron chi connectivity index (χ1n) is 10.7. The maximum atomic E-state index is 12.6. The maximum Gasteiger partial charge on any atom is 0.240 e. The molecule has 0 unspecified atom stereocenters. The molecule has 2 aromatic carbocycles. The molecule has 0 saturated carbocycles. The predicted molar refractivity (Wildman–Crippen MR) is 131 cm³/mol. The normalized spacial score (nSPS) is 14.4. The Morgan fingerprint density at radius 3 is 2.16 bits per heavy atom. The number of rotatable bonds is 8. The molecule has 8 heteroatoms. The van der Waals surface area contributed by atoms with E-state index in [2.05, 4.69) is 36.5 Å². The van der Waals surface area contributed by atoms with Gasteiger partial charge in [-0.25, -0.2) is 13.1 Å². The van der Waals surface area contributed by atoms with Crippen LogP contribution in [0.15, 0.2) is 41.3 Å². The minimum Gasteiger partial charge on any atom is -0.493 e. The average Bonchev–Trinajstić information content (AvgIpc) is 2.75. The van der Waals surface area contributed by atoms with Gasteiger partial charge in [0, 0.05) is 19.6 Å². The van der Waals surface area contributed by atoms with Crippen molar-refractivity contribution in [3.05, 3.63) is 53.1 Å². The molecule has 3 rings (SSSR count). The molecule has 178 valence electrons. The van der Waals surface area contributed by atoms with Crippen LogP contribution in [0.1, 0.15) is 43.9 Å². The van der Waals surface area contributed by atoms with E-state index in [0.717, 1.165) is 49.5 Å². The summed E-state index contributed by atoms with van der Waals surface area (Å²) in [4.78, 5) is 2.66. The molecule has 6 nitrogen and oxygen atoms in total. The number of benzene rings is 2. The van der Waals surface area contributed by atoms with E-state index >= 15 is 0 Å². The number of hydrogen-bond donors (Lipinski definition) is 1. The molecule has 1 heterocycles. The molecule has 0 fully saturated rings. The van der Waals surface area contributed by atoms with E-state index in [-0.39, 0.29) is 17.8 Å². The first kappa shape index (κ1) is 26.5. The Bertz CT molecular complexity index is 1000. The highest BCUT2D eigenvalue weighted by atomic mass is 35.5. The van der Waals surface area contributed by atoms with Crippen LogP contribution in [-0.2, 0) is 28.4 Å². The molecule has 0 saturated heterocycles. The standard InChI is InChI=1S/C24H34N2O4S.ClH/c1-24(2,3)20-7-9-21(10-8-20)31(27,28)25-12-6-13-26-14-11-18-15-22(29-4)23(30-5)16-19(18)17-26;/h7-10,15-16,25H,6,11-14,17H2,1-5H3;1H. The summed E-state index contributed by atoms with van der Waals surface area (Å²) < 4.78 is 38.7. The van der Waals surface area contributed by atoms with E-state index in [1.54, 1.807) is 26.4 Å². The van der Waals surface area contributed by atoms with E-state index in [1.165, 1.54) is 11.1 Å². The highest BCUT2D eigenvalue weighted by Crippen LogP contribution is 2.33. The first-order chi connectivity index (χ1) is 14.6. The second kappa shape index (κ2) is 10.9. The van der Waals surface area contributed by atoms with Crippen LogP contribution in [-0.4, -0.2) is 47.2 Å². The highest BCUT2D eigenvalue weighted by molar-refractivity contribution is 7.89. The summed E-state index contributed by atoms with van der Waals surface area (Å²) in [5.41, 5.74) is 3.64. The lowest BCUT2D eigenvalue weighted by Gasteiger charge is -2.29. The molecular formula is C24H35ClN2O4S. The van der Waals surface area contributed by atoms with Gasteiger partial charge in [-0.05, 0) is 65.8 Å². The van der Waals surface area contributed by atoms with Crippen molar-refractivity contribution in [3.63, 3.8) is 0 Å². The predicted octanol–water partition coefficient (Wildman–Crippen LogP) is 4.15. The quantitative estimate of drug-likeness (QED) is 0.572. The topological polar surface area (TPSA) is 67.9 Å². The molecule has 0 aromatic heterocycles. The average molecular weight is 483 g/mol. The van der Waals surface area contributed by atoms with E-state index in [4.69, 9.17) is 9.47 Å². The third-order valence-corrected chi connectivity index (χ3v) is 7.25.